The van der Waals surface area contributed by atoms with Crippen molar-refractivity contribution in [3.8, 4) is 11.5 Å². The lowest BCUT2D eigenvalue weighted by Crippen LogP contribution is -2.30. The van der Waals surface area contributed by atoms with Crippen LogP contribution in [0.2, 0.25) is 0 Å². The first-order chi connectivity index (χ1) is 12.7. The summed E-state index contributed by atoms with van der Waals surface area (Å²) in [6.45, 7) is 2.77. The molecule has 136 valence electrons. The third-order valence-electron chi connectivity index (χ3n) is 4.29. The number of esters is 1. The number of para-hydroxylation sites is 1. The van der Waals surface area contributed by atoms with Crippen LogP contribution in [0.15, 0.2) is 66.7 Å². The quantitative estimate of drug-likeness (QED) is 0.501. The summed E-state index contributed by atoms with van der Waals surface area (Å²) in [5, 5.41) is 0. The molecule has 0 unspecified atom stereocenters. The van der Waals surface area contributed by atoms with Crippen molar-refractivity contribution >= 4 is 5.97 Å². The van der Waals surface area contributed by atoms with Gasteiger partial charge in [-0.15, -0.1) is 0 Å². The predicted molar refractivity (Wildman–Crippen MR) is 100 cm³/mol. The first-order valence-electron chi connectivity index (χ1n) is 9.01. The second-order valence-electron chi connectivity index (χ2n) is 6.34. The van der Waals surface area contributed by atoms with Crippen LogP contribution in [0.25, 0.3) is 0 Å². The molecule has 0 bridgehead atoms. The third-order valence-corrected chi connectivity index (χ3v) is 4.29. The molecule has 3 rings (SSSR count). The fourth-order valence-corrected chi connectivity index (χ4v) is 2.84. The number of carbonyl (C=O) groups excluding carboxylic acids is 1. The number of carbonyl (C=O) groups is 1. The molecule has 2 aromatic rings. The maximum absolute atomic E-state index is 11.3. The molecule has 0 N–H and O–H groups in total. The van der Waals surface area contributed by atoms with Gasteiger partial charge in [0, 0.05) is 6.08 Å². The highest BCUT2D eigenvalue weighted by atomic mass is 16.5. The van der Waals surface area contributed by atoms with Crippen molar-refractivity contribution in [3.63, 3.8) is 0 Å². The van der Waals surface area contributed by atoms with E-state index in [1.807, 2.05) is 60.7 Å². The zero-order chi connectivity index (χ0) is 18.2. The summed E-state index contributed by atoms with van der Waals surface area (Å²) in [6, 6.07) is 17.7. The summed E-state index contributed by atoms with van der Waals surface area (Å²) in [5.41, 5.74) is 1.09. The Bertz CT molecular complexity index is 733. The fraction of sp³-hybridized carbons (Fsp3) is 0.318. The number of hydrogen-bond donors (Lipinski definition) is 0. The Morgan fingerprint density at radius 2 is 1.85 bits per heavy atom. The molecule has 0 aliphatic heterocycles. The lowest BCUT2D eigenvalue weighted by molar-refractivity contribution is -0.137. The van der Waals surface area contributed by atoms with Crippen LogP contribution >= 0.6 is 0 Å². The van der Waals surface area contributed by atoms with Crippen molar-refractivity contribution in [1.82, 2.24) is 0 Å². The average molecular weight is 352 g/mol. The minimum Gasteiger partial charge on any atom is -0.463 e. The molecule has 0 spiro atoms. The smallest absolute Gasteiger partial charge is 0.330 e. The number of allylic oxidation sites excluding steroid dienone is 1. The van der Waals surface area contributed by atoms with E-state index in [0.29, 0.717) is 19.1 Å². The first-order valence-corrected chi connectivity index (χ1v) is 9.01. The molecule has 1 saturated carbocycles. The summed E-state index contributed by atoms with van der Waals surface area (Å²) in [7, 11) is 0. The highest BCUT2D eigenvalue weighted by Crippen LogP contribution is 2.32. The van der Waals surface area contributed by atoms with Crippen LogP contribution in [0, 0.1) is 5.92 Å². The Morgan fingerprint density at radius 1 is 1.08 bits per heavy atom. The molecule has 1 aliphatic rings. The van der Waals surface area contributed by atoms with Crippen LogP contribution in [0.1, 0.15) is 25.3 Å². The van der Waals surface area contributed by atoms with Crippen molar-refractivity contribution in [2.45, 2.75) is 32.5 Å². The van der Waals surface area contributed by atoms with E-state index in [9.17, 15) is 4.79 Å². The lowest BCUT2D eigenvalue weighted by Gasteiger charge is -2.33. The second kappa shape index (κ2) is 9.20. The summed E-state index contributed by atoms with van der Waals surface area (Å²) in [6.07, 6.45) is 5.57. The molecule has 0 amide bonds. The minimum atomic E-state index is -0.271. The van der Waals surface area contributed by atoms with E-state index in [-0.39, 0.29) is 12.1 Å². The Balaban J connectivity index is 1.42. The molecule has 4 nitrogen and oxygen atoms in total. The topological polar surface area (TPSA) is 44.8 Å². The van der Waals surface area contributed by atoms with Crippen LogP contribution in [0.4, 0.5) is 0 Å². The van der Waals surface area contributed by atoms with Crippen LogP contribution < -0.4 is 4.74 Å². The molecular weight excluding hydrogens is 328 g/mol. The van der Waals surface area contributed by atoms with Gasteiger partial charge in [-0.1, -0.05) is 36.4 Å². The van der Waals surface area contributed by atoms with Crippen molar-refractivity contribution in [2.75, 3.05) is 6.61 Å². The maximum Gasteiger partial charge on any atom is 0.330 e. The highest BCUT2D eigenvalue weighted by molar-refractivity contribution is 5.81. The molecule has 0 atom stereocenters. The van der Waals surface area contributed by atoms with E-state index in [1.54, 1.807) is 6.92 Å². The van der Waals surface area contributed by atoms with Gasteiger partial charge >= 0.3 is 5.97 Å². The summed E-state index contributed by atoms with van der Waals surface area (Å²) in [5.74, 6) is 1.76. The Kier molecular flexibility index (Phi) is 6.45. The largest absolute Gasteiger partial charge is 0.463 e. The van der Waals surface area contributed by atoms with Gasteiger partial charge < -0.3 is 14.2 Å². The average Bonchev–Trinajstić information content (AvgIpc) is 2.61. The van der Waals surface area contributed by atoms with Crippen LogP contribution in [0.5, 0.6) is 11.5 Å². The number of benzene rings is 2. The Hall–Kier alpha value is -2.59. The van der Waals surface area contributed by atoms with Gasteiger partial charge in [0.1, 0.15) is 11.5 Å². The van der Waals surface area contributed by atoms with Gasteiger partial charge in [-0.2, -0.15) is 0 Å². The lowest BCUT2D eigenvalue weighted by atomic mass is 9.82. The summed E-state index contributed by atoms with van der Waals surface area (Å²) < 4.78 is 16.7. The molecule has 2 aromatic carbocycles. The molecule has 0 saturated heterocycles. The normalized spacial score (nSPS) is 19.1. The second-order valence-corrected chi connectivity index (χ2v) is 6.34. The zero-order valence-corrected chi connectivity index (χ0v) is 15.0. The standard InChI is InChI=1S/C22H24O4/c1-2-24-22(23)12-11-17-13-21(14-17)25-16-18-7-6-10-20(15-18)26-19-8-4-3-5-9-19/h3-12,15,17,21H,2,13-14,16H2,1H3/b12-11+. The van der Waals surface area contributed by atoms with Gasteiger partial charge in [-0.25, -0.2) is 4.79 Å². The van der Waals surface area contributed by atoms with E-state index < -0.39 is 0 Å². The van der Waals surface area contributed by atoms with Gasteiger partial charge in [0.05, 0.1) is 19.3 Å². The van der Waals surface area contributed by atoms with Gasteiger partial charge in [0.2, 0.25) is 0 Å². The van der Waals surface area contributed by atoms with Crippen molar-refractivity contribution in [3.05, 3.63) is 72.3 Å². The van der Waals surface area contributed by atoms with Crippen molar-refractivity contribution < 1.29 is 19.0 Å². The zero-order valence-electron chi connectivity index (χ0n) is 15.0. The Morgan fingerprint density at radius 3 is 2.62 bits per heavy atom. The van der Waals surface area contributed by atoms with E-state index >= 15 is 0 Å². The van der Waals surface area contributed by atoms with Crippen LogP contribution in [0.3, 0.4) is 0 Å². The van der Waals surface area contributed by atoms with Crippen molar-refractivity contribution in [2.24, 2.45) is 5.92 Å². The van der Waals surface area contributed by atoms with E-state index in [2.05, 4.69) is 0 Å². The first kappa shape index (κ1) is 18.2. The Labute approximate surface area is 154 Å². The van der Waals surface area contributed by atoms with Gasteiger partial charge in [-0.3, -0.25) is 0 Å². The monoisotopic (exact) mass is 352 g/mol. The number of ether oxygens (including phenoxy) is 3. The molecule has 0 heterocycles. The molecule has 4 heteroatoms. The van der Waals surface area contributed by atoms with Crippen molar-refractivity contribution in [1.29, 1.82) is 0 Å². The van der Waals surface area contributed by atoms with Gasteiger partial charge in [-0.05, 0) is 55.5 Å². The van der Waals surface area contributed by atoms with Crippen LogP contribution in [-0.2, 0) is 20.9 Å². The number of hydrogen-bond acceptors (Lipinski definition) is 4. The molecule has 0 aromatic heterocycles. The third kappa shape index (κ3) is 5.46. The maximum atomic E-state index is 11.3. The van der Waals surface area contributed by atoms with Gasteiger partial charge in [0.15, 0.2) is 0 Å². The summed E-state index contributed by atoms with van der Waals surface area (Å²) >= 11 is 0. The summed E-state index contributed by atoms with van der Waals surface area (Å²) in [4.78, 5) is 11.3. The molecule has 1 fully saturated rings. The highest BCUT2D eigenvalue weighted by Gasteiger charge is 2.28. The number of rotatable bonds is 8. The fourth-order valence-electron chi connectivity index (χ4n) is 2.84. The van der Waals surface area contributed by atoms with E-state index in [1.165, 1.54) is 6.08 Å². The van der Waals surface area contributed by atoms with E-state index in [4.69, 9.17) is 14.2 Å². The SMILES string of the molecule is CCOC(=O)/C=C/C1CC(OCc2cccc(Oc3ccccc3)c2)C1. The van der Waals surface area contributed by atoms with E-state index in [0.717, 1.165) is 29.9 Å². The predicted octanol–water partition coefficient (Wildman–Crippen LogP) is 4.89. The molecule has 1 aliphatic carbocycles. The molecular formula is C22H24O4. The van der Waals surface area contributed by atoms with Gasteiger partial charge in [0.25, 0.3) is 0 Å². The molecule has 0 radical (unpaired) electrons. The van der Waals surface area contributed by atoms with Crippen LogP contribution in [-0.4, -0.2) is 18.7 Å². The minimum absolute atomic E-state index is 0.241. The molecule has 26 heavy (non-hydrogen) atoms.